The van der Waals surface area contributed by atoms with Crippen molar-refractivity contribution in [3.05, 3.63) is 142 Å². The van der Waals surface area contributed by atoms with Crippen molar-refractivity contribution in [3.8, 4) is 0 Å². The van der Waals surface area contributed by atoms with Gasteiger partial charge in [0.15, 0.2) is 0 Å². The minimum Gasteiger partial charge on any atom is -0.478 e. The van der Waals surface area contributed by atoms with Crippen LogP contribution in [0.3, 0.4) is 0 Å². The summed E-state index contributed by atoms with van der Waals surface area (Å²) in [5.74, 6) is -9.83. The van der Waals surface area contributed by atoms with Gasteiger partial charge in [-0.2, -0.15) is 0 Å². The highest BCUT2D eigenvalue weighted by Gasteiger charge is 2.16. The van der Waals surface area contributed by atoms with E-state index in [2.05, 4.69) is 0 Å². The zero-order chi connectivity index (χ0) is 40.0. The summed E-state index contributed by atoms with van der Waals surface area (Å²) >= 11 is 0. The Balaban J connectivity index is 0.000000644. The quantitative estimate of drug-likeness (QED) is 0.118. The van der Waals surface area contributed by atoms with E-state index in [1.54, 1.807) is 0 Å². The molecule has 0 aliphatic rings. The van der Waals surface area contributed by atoms with Crippen molar-refractivity contribution in [3.63, 3.8) is 0 Å². The van der Waals surface area contributed by atoms with Crippen LogP contribution in [-0.4, -0.2) is 112 Å². The summed E-state index contributed by atoms with van der Waals surface area (Å²) in [5.41, 5.74) is -1.52. The lowest BCUT2D eigenvalue weighted by atomic mass is 10.1. The van der Waals surface area contributed by atoms with Crippen molar-refractivity contribution in [2.24, 2.45) is 0 Å². The van der Waals surface area contributed by atoms with Crippen LogP contribution in [0.5, 0.6) is 0 Å². The lowest BCUT2D eigenvalue weighted by Crippen LogP contribution is -2.06. The largest absolute Gasteiger partial charge is 0.478 e. The maximum Gasteiger partial charge on any atom is 0.336 e. The van der Waals surface area contributed by atoms with Crippen LogP contribution >= 0.6 is 0 Å². The molecule has 0 spiro atoms. The number of carbonyl (C=O) groups is 8. The van der Waals surface area contributed by atoms with E-state index in [1.165, 1.54) is 97.1 Å². The van der Waals surface area contributed by atoms with Crippen LogP contribution in [0.1, 0.15) is 82.9 Å². The van der Waals surface area contributed by atoms with Gasteiger partial charge in [0.2, 0.25) is 0 Å². The molecule has 0 amide bonds. The van der Waals surface area contributed by atoms with E-state index in [-0.39, 0.29) is 57.7 Å². The number of hydrogen-bond acceptors (Lipinski definition) is 10. The molecule has 4 rings (SSSR count). The smallest absolute Gasteiger partial charge is 0.336 e. The van der Waals surface area contributed by atoms with Crippen molar-refractivity contribution in [1.29, 1.82) is 0 Å². The number of aliphatic hydroxyl groups excluding tert-OH is 2. The maximum atomic E-state index is 10.5. The fourth-order valence-electron chi connectivity index (χ4n) is 3.42. The molecule has 0 aliphatic heterocycles. The Kier molecular flexibility index (Phi) is 19.7. The van der Waals surface area contributed by atoms with Gasteiger partial charge in [-0.05, 0) is 48.5 Å². The second-order valence-corrected chi connectivity index (χ2v) is 9.07. The zero-order valence-corrected chi connectivity index (χ0v) is 26.4. The van der Waals surface area contributed by atoms with E-state index in [4.69, 9.17) is 51.1 Å². The molecule has 0 bridgehead atoms. The van der Waals surface area contributed by atoms with Gasteiger partial charge >= 0.3 is 47.8 Å². The van der Waals surface area contributed by atoms with E-state index in [1.807, 2.05) is 0 Å². The fraction of sp³-hybridized carbons (Fsp3) is 0.0588. The van der Waals surface area contributed by atoms with Crippen LogP contribution in [0.15, 0.2) is 97.1 Å². The minimum atomic E-state index is -1.23. The van der Waals surface area contributed by atoms with E-state index >= 15 is 0 Å². The molecule has 0 unspecified atom stereocenters. The monoisotopic (exact) mass is 726 g/mol. The summed E-state index contributed by atoms with van der Waals surface area (Å²) in [4.78, 5) is 83.7. The standard InChI is InChI=1S/4C8H6O4.C2H6O2/c4*9-7(10)5-3-1-2-4-6(5)8(11)12;3-1-2-4/h4*1-4H,(H,9,10)(H,11,12);3-4H,1-2H2. The van der Waals surface area contributed by atoms with Crippen molar-refractivity contribution in [1.82, 2.24) is 0 Å². The highest BCUT2D eigenvalue weighted by atomic mass is 16.4. The van der Waals surface area contributed by atoms with Crippen molar-refractivity contribution in [2.45, 2.75) is 0 Å². The number of hydrogen-bond donors (Lipinski definition) is 10. The zero-order valence-electron chi connectivity index (χ0n) is 26.4. The van der Waals surface area contributed by atoms with Crippen LogP contribution in [0.2, 0.25) is 0 Å². The van der Waals surface area contributed by atoms with Gasteiger partial charge in [0.1, 0.15) is 0 Å². The molecular weight excluding hydrogens is 696 g/mol. The predicted octanol–water partition coefficient (Wildman–Crippen LogP) is 3.30. The van der Waals surface area contributed by atoms with Gasteiger partial charge in [-0.25, -0.2) is 38.4 Å². The van der Waals surface area contributed by atoms with E-state index < -0.39 is 47.8 Å². The van der Waals surface area contributed by atoms with E-state index in [0.717, 1.165) is 0 Å². The van der Waals surface area contributed by atoms with Gasteiger partial charge in [-0.15, -0.1) is 0 Å². The van der Waals surface area contributed by atoms with Gasteiger partial charge in [0.25, 0.3) is 0 Å². The minimum absolute atomic E-state index is 0.125. The van der Waals surface area contributed by atoms with E-state index in [9.17, 15) is 38.4 Å². The molecule has 0 aliphatic carbocycles. The van der Waals surface area contributed by atoms with Gasteiger partial charge < -0.3 is 51.1 Å². The fourth-order valence-corrected chi connectivity index (χ4v) is 3.42. The van der Waals surface area contributed by atoms with Gasteiger partial charge in [-0.1, -0.05) is 48.5 Å². The average molecular weight is 727 g/mol. The van der Waals surface area contributed by atoms with E-state index in [0.29, 0.717) is 0 Å². The Labute approximate surface area is 292 Å². The molecule has 0 radical (unpaired) electrons. The summed E-state index contributed by atoms with van der Waals surface area (Å²) in [6.45, 7) is -0.250. The molecule has 0 saturated carbocycles. The summed E-state index contributed by atoms with van der Waals surface area (Å²) < 4.78 is 0. The highest BCUT2D eigenvalue weighted by Crippen LogP contribution is 2.10. The lowest BCUT2D eigenvalue weighted by Gasteiger charge is -1.98. The van der Waals surface area contributed by atoms with Gasteiger partial charge in [0, 0.05) is 0 Å². The number of benzene rings is 4. The van der Waals surface area contributed by atoms with Crippen molar-refractivity contribution >= 4 is 47.8 Å². The third-order valence-electron chi connectivity index (χ3n) is 5.65. The molecule has 0 aromatic heterocycles. The summed E-state index contributed by atoms with van der Waals surface area (Å²) in [7, 11) is 0. The molecule has 0 atom stereocenters. The third-order valence-corrected chi connectivity index (χ3v) is 5.65. The molecule has 0 heterocycles. The first-order valence-corrected chi connectivity index (χ1v) is 13.9. The number of rotatable bonds is 9. The highest BCUT2D eigenvalue weighted by molar-refractivity contribution is 6.03. The van der Waals surface area contributed by atoms with Crippen LogP contribution < -0.4 is 0 Å². The van der Waals surface area contributed by atoms with Crippen LogP contribution in [0.4, 0.5) is 0 Å². The Bertz CT molecular complexity index is 1490. The number of aromatic carboxylic acids is 8. The second kappa shape index (κ2) is 23.0. The predicted molar refractivity (Wildman–Crippen MR) is 176 cm³/mol. The number of aliphatic hydroxyl groups is 2. The van der Waals surface area contributed by atoms with Crippen molar-refractivity contribution < 1.29 is 89.4 Å². The first kappa shape index (κ1) is 44.6. The molecule has 0 saturated heterocycles. The van der Waals surface area contributed by atoms with Crippen LogP contribution in [-0.2, 0) is 0 Å². The van der Waals surface area contributed by atoms with Crippen LogP contribution in [0.25, 0.3) is 0 Å². The average Bonchev–Trinajstić information content (AvgIpc) is 3.12. The molecule has 0 fully saturated rings. The molecule has 10 N–H and O–H groups in total. The number of carboxylic acids is 8. The van der Waals surface area contributed by atoms with Crippen molar-refractivity contribution in [2.75, 3.05) is 13.2 Å². The molecule has 4 aromatic carbocycles. The Hall–Kier alpha value is -7.44. The summed E-state index contributed by atoms with van der Waals surface area (Å²) in [6, 6.07) is 21.9. The molecule has 4 aromatic rings. The Morgan fingerprint density at radius 2 is 0.365 bits per heavy atom. The molecule has 18 heteroatoms. The summed E-state index contributed by atoms with van der Waals surface area (Å²) in [5, 5.41) is 83.7. The SMILES string of the molecule is O=C(O)c1ccccc1C(=O)O.O=C(O)c1ccccc1C(=O)O.O=C(O)c1ccccc1C(=O)O.O=C(O)c1ccccc1C(=O)O.OCCO. The lowest BCUT2D eigenvalue weighted by molar-refractivity contribution is 0.0651. The van der Waals surface area contributed by atoms with Gasteiger partial charge in [-0.3, -0.25) is 0 Å². The molecule has 52 heavy (non-hydrogen) atoms. The molecule has 18 nitrogen and oxygen atoms in total. The Morgan fingerprint density at radius 3 is 0.423 bits per heavy atom. The third kappa shape index (κ3) is 15.2. The first-order chi connectivity index (χ1) is 24.4. The number of carboxylic acid groups (broad SMARTS) is 8. The second-order valence-electron chi connectivity index (χ2n) is 9.07. The van der Waals surface area contributed by atoms with Gasteiger partial charge in [0.05, 0.1) is 57.7 Å². The molecular formula is C34H30O18. The first-order valence-electron chi connectivity index (χ1n) is 13.9. The Morgan fingerprint density at radius 1 is 0.269 bits per heavy atom. The van der Waals surface area contributed by atoms with Crippen LogP contribution in [0, 0.1) is 0 Å². The molecule has 274 valence electrons. The topological polar surface area (TPSA) is 339 Å². The maximum absolute atomic E-state index is 10.5. The summed E-state index contributed by atoms with van der Waals surface area (Å²) in [6.07, 6.45) is 0. The normalized spacial score (nSPS) is 9.19.